The summed E-state index contributed by atoms with van der Waals surface area (Å²) in [6.45, 7) is 4.65. The molecule has 0 radical (unpaired) electrons. The molecule has 10 rings (SSSR count). The van der Waals surface area contributed by atoms with Crippen molar-refractivity contribution in [2.24, 2.45) is 0 Å². The first-order valence-electron chi connectivity index (χ1n) is 15.5. The van der Waals surface area contributed by atoms with Crippen molar-refractivity contribution < 1.29 is 0 Å². The molecule has 4 heteroatoms. The van der Waals surface area contributed by atoms with Gasteiger partial charge < -0.3 is 4.98 Å². The monoisotopic (exact) mass is 576 g/mol. The Morgan fingerprint density at radius 2 is 1.33 bits per heavy atom. The highest BCUT2D eigenvalue weighted by Crippen LogP contribution is 2.52. The third-order valence-electron chi connectivity index (χ3n) is 9.96. The number of hydrogen-bond donors (Lipinski definition) is 1. The van der Waals surface area contributed by atoms with Gasteiger partial charge in [0.1, 0.15) is 0 Å². The van der Waals surface area contributed by atoms with Crippen molar-refractivity contribution in [3.8, 4) is 28.3 Å². The lowest BCUT2D eigenvalue weighted by Crippen LogP contribution is -2.14. The standard InChI is InChI=1S/C41H28N4/c1-41(2)30-17-9-6-16-29(30)35-31(41)22-23-33-36(35)37(24-12-4-3-5-13-24)44-40(43-33)45-34-19-11-8-15-26(34)28-21-20-27-25-14-7-10-18-32(25)42-38(27)39(28)45/h3-23,42H,1-2H3. The first-order valence-corrected chi connectivity index (χ1v) is 15.5. The lowest BCUT2D eigenvalue weighted by Gasteiger charge is -2.21. The van der Waals surface area contributed by atoms with E-state index in [9.17, 15) is 0 Å². The Balaban J connectivity index is 1.38. The number of benzene rings is 6. The molecular formula is C41H28N4. The van der Waals surface area contributed by atoms with Crippen molar-refractivity contribution in [3.63, 3.8) is 0 Å². The van der Waals surface area contributed by atoms with E-state index >= 15 is 0 Å². The van der Waals surface area contributed by atoms with Gasteiger partial charge in [-0.2, -0.15) is 0 Å². The summed E-state index contributed by atoms with van der Waals surface area (Å²) in [4.78, 5) is 14.7. The van der Waals surface area contributed by atoms with Crippen LogP contribution in [0.25, 0.3) is 82.8 Å². The highest BCUT2D eigenvalue weighted by Gasteiger charge is 2.37. The maximum atomic E-state index is 5.51. The van der Waals surface area contributed by atoms with Crippen LogP contribution in [0.4, 0.5) is 0 Å². The fourth-order valence-electron chi connectivity index (χ4n) is 7.89. The predicted octanol–water partition coefficient (Wildman–Crippen LogP) is 10.3. The summed E-state index contributed by atoms with van der Waals surface area (Å²) >= 11 is 0. The molecule has 3 aromatic heterocycles. The van der Waals surface area contributed by atoms with Gasteiger partial charge in [0.2, 0.25) is 5.95 Å². The highest BCUT2D eigenvalue weighted by molar-refractivity contribution is 6.22. The Labute approximate surface area is 259 Å². The normalized spacial score (nSPS) is 13.7. The van der Waals surface area contributed by atoms with Crippen LogP contribution in [0.3, 0.4) is 0 Å². The molecule has 1 aliphatic carbocycles. The van der Waals surface area contributed by atoms with Crippen LogP contribution in [-0.4, -0.2) is 19.5 Å². The minimum absolute atomic E-state index is 0.110. The molecule has 9 aromatic rings. The predicted molar refractivity (Wildman–Crippen MR) is 186 cm³/mol. The van der Waals surface area contributed by atoms with Crippen molar-refractivity contribution in [2.45, 2.75) is 19.3 Å². The maximum Gasteiger partial charge on any atom is 0.235 e. The first kappa shape index (κ1) is 24.7. The van der Waals surface area contributed by atoms with Gasteiger partial charge in [-0.15, -0.1) is 0 Å². The second-order valence-corrected chi connectivity index (χ2v) is 12.7. The molecule has 4 nitrogen and oxygen atoms in total. The molecule has 0 amide bonds. The molecule has 0 bridgehead atoms. The summed E-state index contributed by atoms with van der Waals surface area (Å²) in [6.07, 6.45) is 0. The van der Waals surface area contributed by atoms with Crippen LogP contribution in [0.5, 0.6) is 0 Å². The summed E-state index contributed by atoms with van der Waals surface area (Å²) in [7, 11) is 0. The summed E-state index contributed by atoms with van der Waals surface area (Å²) in [5.41, 5.74) is 12.5. The molecule has 0 atom stereocenters. The number of hydrogen-bond acceptors (Lipinski definition) is 2. The minimum Gasteiger partial charge on any atom is -0.353 e. The second kappa shape index (κ2) is 8.67. The lowest BCUT2D eigenvalue weighted by molar-refractivity contribution is 0.661. The van der Waals surface area contributed by atoms with E-state index in [-0.39, 0.29) is 5.41 Å². The van der Waals surface area contributed by atoms with Gasteiger partial charge in [0, 0.05) is 43.4 Å². The van der Waals surface area contributed by atoms with Gasteiger partial charge in [-0.25, -0.2) is 9.97 Å². The summed E-state index contributed by atoms with van der Waals surface area (Å²) in [5, 5.41) is 5.88. The fraction of sp³-hybridized carbons (Fsp3) is 0.0732. The molecule has 3 heterocycles. The Hall–Kier alpha value is -5.74. The minimum atomic E-state index is -0.110. The number of aromatic amines is 1. The van der Waals surface area contributed by atoms with Gasteiger partial charge in [0.25, 0.3) is 0 Å². The van der Waals surface area contributed by atoms with E-state index in [1.165, 1.54) is 43.8 Å². The zero-order chi connectivity index (χ0) is 29.9. The van der Waals surface area contributed by atoms with E-state index in [0.29, 0.717) is 5.95 Å². The van der Waals surface area contributed by atoms with Crippen molar-refractivity contribution >= 4 is 54.5 Å². The van der Waals surface area contributed by atoms with Crippen LogP contribution >= 0.6 is 0 Å². The van der Waals surface area contributed by atoms with Crippen molar-refractivity contribution in [1.29, 1.82) is 0 Å². The van der Waals surface area contributed by atoms with Gasteiger partial charge in [-0.05, 0) is 40.5 Å². The third-order valence-corrected chi connectivity index (χ3v) is 9.96. The van der Waals surface area contributed by atoms with Crippen molar-refractivity contribution in [3.05, 3.63) is 139 Å². The number of aromatic nitrogens is 4. The number of nitrogens with one attached hydrogen (secondary N) is 1. The number of nitrogens with zero attached hydrogens (tertiary/aromatic N) is 3. The molecular weight excluding hydrogens is 548 g/mol. The third kappa shape index (κ3) is 3.21. The van der Waals surface area contributed by atoms with Crippen molar-refractivity contribution in [2.75, 3.05) is 0 Å². The van der Waals surface area contributed by atoms with Crippen LogP contribution in [0.1, 0.15) is 25.0 Å². The van der Waals surface area contributed by atoms with Gasteiger partial charge >= 0.3 is 0 Å². The van der Waals surface area contributed by atoms with Crippen LogP contribution in [0.2, 0.25) is 0 Å². The summed E-state index contributed by atoms with van der Waals surface area (Å²) in [6, 6.07) is 45.5. The Morgan fingerprint density at radius 1 is 0.600 bits per heavy atom. The smallest absolute Gasteiger partial charge is 0.235 e. The van der Waals surface area contributed by atoms with Crippen LogP contribution in [-0.2, 0) is 5.41 Å². The van der Waals surface area contributed by atoms with Crippen LogP contribution < -0.4 is 0 Å². The van der Waals surface area contributed by atoms with Gasteiger partial charge in [0.15, 0.2) is 0 Å². The lowest BCUT2D eigenvalue weighted by atomic mass is 9.82. The first-order chi connectivity index (χ1) is 22.1. The van der Waals surface area contributed by atoms with E-state index in [2.05, 4.69) is 151 Å². The molecule has 1 N–H and O–H groups in total. The zero-order valence-electron chi connectivity index (χ0n) is 25.0. The largest absolute Gasteiger partial charge is 0.353 e. The molecule has 0 spiro atoms. The van der Waals surface area contributed by atoms with E-state index in [0.717, 1.165) is 44.2 Å². The van der Waals surface area contributed by atoms with Crippen molar-refractivity contribution in [1.82, 2.24) is 19.5 Å². The number of para-hydroxylation sites is 2. The number of H-pyrrole nitrogens is 1. The molecule has 45 heavy (non-hydrogen) atoms. The zero-order valence-corrected chi connectivity index (χ0v) is 25.0. The van der Waals surface area contributed by atoms with E-state index < -0.39 is 0 Å². The maximum absolute atomic E-state index is 5.51. The molecule has 0 aliphatic heterocycles. The summed E-state index contributed by atoms with van der Waals surface area (Å²) in [5.74, 6) is 0.671. The number of rotatable bonds is 2. The fourth-order valence-corrected chi connectivity index (χ4v) is 7.89. The molecule has 0 unspecified atom stereocenters. The van der Waals surface area contributed by atoms with E-state index in [1.807, 2.05) is 0 Å². The Morgan fingerprint density at radius 3 is 2.22 bits per heavy atom. The molecule has 1 aliphatic rings. The second-order valence-electron chi connectivity index (χ2n) is 12.7. The summed E-state index contributed by atoms with van der Waals surface area (Å²) < 4.78 is 2.26. The topological polar surface area (TPSA) is 46.5 Å². The molecule has 0 saturated heterocycles. The van der Waals surface area contributed by atoms with Crippen LogP contribution in [0.15, 0.2) is 127 Å². The van der Waals surface area contributed by atoms with E-state index in [4.69, 9.17) is 9.97 Å². The average molecular weight is 577 g/mol. The number of fused-ring (bicyclic) bond motifs is 12. The van der Waals surface area contributed by atoms with Gasteiger partial charge in [-0.1, -0.05) is 123 Å². The Kier molecular flexibility index (Phi) is 4.76. The molecule has 0 saturated carbocycles. The molecule has 6 aromatic carbocycles. The van der Waals surface area contributed by atoms with E-state index in [1.54, 1.807) is 0 Å². The molecule has 212 valence electrons. The SMILES string of the molecule is CC1(C)c2ccccc2-c2c1ccc1nc(-n3c4ccccc4c4ccc5c6ccccc6[nH]c5c43)nc(-c3ccccc3)c21. The Bertz CT molecular complexity index is 2670. The molecule has 0 fully saturated rings. The average Bonchev–Trinajstić information content (AvgIpc) is 3.71. The quantitative estimate of drug-likeness (QED) is 0.223. The highest BCUT2D eigenvalue weighted by atomic mass is 15.2. The van der Waals surface area contributed by atoms with Crippen LogP contribution in [0, 0.1) is 0 Å². The van der Waals surface area contributed by atoms with Gasteiger partial charge in [-0.3, -0.25) is 4.57 Å². The van der Waals surface area contributed by atoms with Gasteiger partial charge in [0.05, 0.1) is 27.8 Å².